The number of aromatic nitrogens is 1. The van der Waals surface area contributed by atoms with E-state index in [0.29, 0.717) is 12.8 Å². The molecule has 4 atom stereocenters. The first-order chi connectivity index (χ1) is 15.6. The van der Waals surface area contributed by atoms with E-state index in [1.54, 1.807) is 0 Å². The van der Waals surface area contributed by atoms with Gasteiger partial charge in [-0.25, -0.2) is 0 Å². The molecule has 34 heavy (non-hydrogen) atoms. The number of benzene rings is 1. The molecule has 2 aliphatic rings. The van der Waals surface area contributed by atoms with Gasteiger partial charge in [-0.3, -0.25) is 4.98 Å². The van der Waals surface area contributed by atoms with E-state index in [1.807, 2.05) is 31.5 Å². The van der Waals surface area contributed by atoms with Crippen LogP contribution in [0.1, 0.15) is 89.1 Å². The van der Waals surface area contributed by atoms with Crippen molar-refractivity contribution in [2.24, 2.45) is 17.3 Å². The number of hydrogen-bond donors (Lipinski definition) is 2. The fourth-order valence-corrected chi connectivity index (χ4v) is 5.59. The predicted molar refractivity (Wildman–Crippen MR) is 142 cm³/mol. The Morgan fingerprint density at radius 2 is 1.56 bits per heavy atom. The molecule has 1 fully saturated rings. The van der Waals surface area contributed by atoms with E-state index in [2.05, 4.69) is 83.8 Å². The average Bonchev–Trinajstić information content (AvgIpc) is 2.73. The van der Waals surface area contributed by atoms with Crippen molar-refractivity contribution in [3.8, 4) is 0 Å². The molecule has 4 unspecified atom stereocenters. The van der Waals surface area contributed by atoms with E-state index in [4.69, 9.17) is 0 Å². The molecule has 0 amide bonds. The van der Waals surface area contributed by atoms with E-state index < -0.39 is 11.2 Å². The monoisotopic (exact) mass is 459 g/mol. The lowest BCUT2D eigenvalue weighted by Crippen LogP contribution is -2.58. The molecule has 4 rings (SSSR count). The van der Waals surface area contributed by atoms with E-state index in [1.165, 1.54) is 16.7 Å². The third kappa shape index (κ3) is 4.29. The maximum Gasteiger partial charge on any atom is 0.0752 e. The number of rotatable bonds is 1. The summed E-state index contributed by atoms with van der Waals surface area (Å²) >= 11 is 0. The van der Waals surface area contributed by atoms with Gasteiger partial charge in [0.2, 0.25) is 0 Å². The highest BCUT2D eigenvalue weighted by Gasteiger charge is 2.55. The zero-order chi connectivity index (χ0) is 25.1. The Morgan fingerprint density at radius 1 is 0.941 bits per heavy atom. The number of hydrogen-bond acceptors (Lipinski definition) is 3. The van der Waals surface area contributed by atoms with Gasteiger partial charge in [-0.1, -0.05) is 71.9 Å². The molecular weight excluding hydrogens is 418 g/mol. The molecule has 1 heterocycles. The second-order valence-electron chi connectivity index (χ2n) is 12.8. The molecule has 0 saturated heterocycles. The number of pyridine rings is 1. The largest absolute Gasteiger partial charge is 0.389 e. The molecule has 1 saturated carbocycles. The zero-order valence-electron chi connectivity index (χ0n) is 22.1. The van der Waals surface area contributed by atoms with Gasteiger partial charge in [0.25, 0.3) is 0 Å². The van der Waals surface area contributed by atoms with Crippen molar-refractivity contribution in [1.29, 1.82) is 0 Å². The Morgan fingerprint density at radius 3 is 2.15 bits per heavy atom. The molecule has 1 aromatic heterocycles. The smallest absolute Gasteiger partial charge is 0.0752 e. The Hall–Kier alpha value is -2.23. The Kier molecular flexibility index (Phi) is 5.98. The summed E-state index contributed by atoms with van der Waals surface area (Å²) in [6.45, 7) is 17.2. The van der Waals surface area contributed by atoms with Crippen LogP contribution >= 0.6 is 0 Å². The van der Waals surface area contributed by atoms with Gasteiger partial charge in [-0.05, 0) is 83.0 Å². The Labute approximate surface area is 205 Å². The number of aliphatic hydroxyl groups is 2. The summed E-state index contributed by atoms with van der Waals surface area (Å²) in [6.07, 6.45) is 11.2. The molecular formula is C31H41NO2. The molecule has 4 bridgehead atoms. The SMILES string of the molecule is Cc1c2cc(C(C)(C)C)cc1/C=C(/c1ccncc1)C1CC(O)(C(C)(C)C)CC(/C=C\2)C1(C)O. The standard InChI is InChI=1S/C31H41NO2/c1-20-22-9-10-24-18-31(34,29(5,6)7)19-27(30(24,8)33)26(21-11-13-32-14-12-21)17-23(20)16-25(15-22)28(2,3)4/h9-17,24,27,33-34H,18-19H2,1-8H3/b10-9-,26-17-. The summed E-state index contributed by atoms with van der Waals surface area (Å²) in [5.41, 5.74) is 4.78. The molecule has 182 valence electrons. The summed E-state index contributed by atoms with van der Waals surface area (Å²) < 4.78 is 0. The first-order valence-corrected chi connectivity index (χ1v) is 12.5. The van der Waals surface area contributed by atoms with Crippen LogP contribution in [0.3, 0.4) is 0 Å². The number of nitrogens with zero attached hydrogens (tertiary/aromatic N) is 1. The predicted octanol–water partition coefficient (Wildman–Crippen LogP) is 6.81. The molecule has 1 aromatic carbocycles. The van der Waals surface area contributed by atoms with Crippen LogP contribution in [-0.2, 0) is 5.41 Å². The van der Waals surface area contributed by atoms with Gasteiger partial charge in [0, 0.05) is 24.2 Å². The highest BCUT2D eigenvalue weighted by Crippen LogP contribution is 2.55. The third-order valence-electron chi connectivity index (χ3n) is 8.51. The topological polar surface area (TPSA) is 53.4 Å². The van der Waals surface area contributed by atoms with Crippen LogP contribution < -0.4 is 0 Å². The van der Waals surface area contributed by atoms with Crippen LogP contribution in [-0.4, -0.2) is 26.4 Å². The summed E-state index contributed by atoms with van der Waals surface area (Å²) in [4.78, 5) is 4.24. The van der Waals surface area contributed by atoms with Gasteiger partial charge in [0.1, 0.15) is 0 Å². The quantitative estimate of drug-likeness (QED) is 0.492. The van der Waals surface area contributed by atoms with Crippen molar-refractivity contribution < 1.29 is 10.2 Å². The van der Waals surface area contributed by atoms with Gasteiger partial charge < -0.3 is 10.2 Å². The van der Waals surface area contributed by atoms with Crippen molar-refractivity contribution >= 4 is 17.7 Å². The molecule has 2 aromatic rings. The van der Waals surface area contributed by atoms with Gasteiger partial charge >= 0.3 is 0 Å². The first-order valence-electron chi connectivity index (χ1n) is 12.5. The van der Waals surface area contributed by atoms with Crippen LogP contribution in [0.15, 0.2) is 42.7 Å². The molecule has 0 radical (unpaired) electrons. The van der Waals surface area contributed by atoms with E-state index in [0.717, 1.165) is 16.7 Å². The zero-order valence-corrected chi connectivity index (χ0v) is 22.1. The lowest BCUT2D eigenvalue weighted by molar-refractivity contribution is -0.161. The van der Waals surface area contributed by atoms with Crippen LogP contribution in [0.5, 0.6) is 0 Å². The fraction of sp³-hybridized carbons (Fsp3) is 0.516. The van der Waals surface area contributed by atoms with E-state index in [-0.39, 0.29) is 22.7 Å². The minimum absolute atomic E-state index is 0.0215. The molecule has 0 aliphatic heterocycles. The van der Waals surface area contributed by atoms with Gasteiger partial charge in [0.05, 0.1) is 11.2 Å². The summed E-state index contributed by atoms with van der Waals surface area (Å²) in [7, 11) is 0. The van der Waals surface area contributed by atoms with Crippen LogP contribution in [0, 0.1) is 24.2 Å². The van der Waals surface area contributed by atoms with Crippen molar-refractivity contribution in [2.75, 3.05) is 0 Å². The molecule has 2 N–H and O–H groups in total. The summed E-state index contributed by atoms with van der Waals surface area (Å²) in [5, 5.41) is 24.0. The van der Waals surface area contributed by atoms with Crippen molar-refractivity contribution in [3.05, 3.63) is 70.6 Å². The second-order valence-corrected chi connectivity index (χ2v) is 12.8. The highest BCUT2D eigenvalue weighted by molar-refractivity contribution is 5.85. The van der Waals surface area contributed by atoms with Crippen LogP contribution in [0.4, 0.5) is 0 Å². The van der Waals surface area contributed by atoms with Crippen molar-refractivity contribution in [2.45, 2.75) is 84.8 Å². The Balaban J connectivity index is 2.05. The maximum absolute atomic E-state index is 12.0. The van der Waals surface area contributed by atoms with E-state index in [9.17, 15) is 10.2 Å². The Bertz CT molecular complexity index is 1130. The summed E-state index contributed by atoms with van der Waals surface area (Å²) in [5.74, 6) is -0.415. The lowest BCUT2D eigenvalue weighted by atomic mass is 9.55. The van der Waals surface area contributed by atoms with Crippen molar-refractivity contribution in [1.82, 2.24) is 4.98 Å². The van der Waals surface area contributed by atoms with Gasteiger partial charge in [-0.15, -0.1) is 0 Å². The third-order valence-corrected chi connectivity index (χ3v) is 8.51. The molecule has 2 aliphatic carbocycles. The minimum Gasteiger partial charge on any atom is -0.389 e. The second kappa shape index (κ2) is 8.17. The normalized spacial score (nSPS) is 32.0. The highest BCUT2D eigenvalue weighted by atomic mass is 16.3. The average molecular weight is 460 g/mol. The van der Waals surface area contributed by atoms with E-state index >= 15 is 0 Å². The molecule has 3 nitrogen and oxygen atoms in total. The van der Waals surface area contributed by atoms with Crippen molar-refractivity contribution in [3.63, 3.8) is 0 Å². The minimum atomic E-state index is -1.000. The van der Waals surface area contributed by atoms with Gasteiger partial charge in [0.15, 0.2) is 0 Å². The summed E-state index contributed by atoms with van der Waals surface area (Å²) in [6, 6.07) is 8.61. The lowest BCUT2D eigenvalue weighted by Gasteiger charge is -2.55. The maximum atomic E-state index is 12.0. The first kappa shape index (κ1) is 24.9. The van der Waals surface area contributed by atoms with Gasteiger partial charge in [-0.2, -0.15) is 0 Å². The fourth-order valence-electron chi connectivity index (χ4n) is 5.59. The molecule has 0 spiro atoms. The molecule has 3 heteroatoms. The van der Waals surface area contributed by atoms with Crippen LogP contribution in [0.25, 0.3) is 17.7 Å². The number of fused-ring (bicyclic) bond motifs is 4. The van der Waals surface area contributed by atoms with Crippen LogP contribution in [0.2, 0.25) is 0 Å².